The third-order valence-electron chi connectivity index (χ3n) is 1.41. The van der Waals surface area contributed by atoms with E-state index < -0.39 is 0 Å². The summed E-state index contributed by atoms with van der Waals surface area (Å²) in [6.07, 6.45) is 4.97. The van der Waals surface area contributed by atoms with E-state index in [4.69, 9.17) is 4.74 Å². The summed E-state index contributed by atoms with van der Waals surface area (Å²) in [6, 6.07) is 0. The zero-order chi connectivity index (χ0) is 8.27. The SMILES string of the molecule is C=C/C=C1/OCC(=O)C=C1C. The molecule has 0 aromatic rings. The molecule has 0 saturated heterocycles. The molecule has 0 atom stereocenters. The molecule has 0 N–H and O–H groups in total. The number of ether oxygens (including phenoxy) is 1. The Morgan fingerprint density at radius 1 is 1.73 bits per heavy atom. The van der Waals surface area contributed by atoms with Gasteiger partial charge in [-0.1, -0.05) is 12.7 Å². The first kappa shape index (κ1) is 7.79. The van der Waals surface area contributed by atoms with Crippen LogP contribution in [0.3, 0.4) is 0 Å². The van der Waals surface area contributed by atoms with Gasteiger partial charge in [-0.2, -0.15) is 0 Å². The van der Waals surface area contributed by atoms with E-state index in [-0.39, 0.29) is 12.4 Å². The highest BCUT2D eigenvalue weighted by Crippen LogP contribution is 2.15. The van der Waals surface area contributed by atoms with Gasteiger partial charge >= 0.3 is 0 Å². The van der Waals surface area contributed by atoms with Crippen molar-refractivity contribution in [1.82, 2.24) is 0 Å². The average Bonchev–Trinajstić information content (AvgIpc) is 1.95. The van der Waals surface area contributed by atoms with Gasteiger partial charge in [-0.05, 0) is 24.6 Å². The van der Waals surface area contributed by atoms with Gasteiger partial charge < -0.3 is 4.74 Å². The van der Waals surface area contributed by atoms with E-state index in [9.17, 15) is 4.79 Å². The lowest BCUT2D eigenvalue weighted by Gasteiger charge is -2.13. The molecular weight excluding hydrogens is 140 g/mol. The molecule has 0 aliphatic carbocycles. The van der Waals surface area contributed by atoms with Crippen LogP contribution < -0.4 is 0 Å². The molecule has 58 valence electrons. The van der Waals surface area contributed by atoms with Crippen molar-refractivity contribution in [3.8, 4) is 0 Å². The highest BCUT2D eigenvalue weighted by atomic mass is 16.5. The Morgan fingerprint density at radius 2 is 2.45 bits per heavy atom. The van der Waals surface area contributed by atoms with Gasteiger partial charge in [0.1, 0.15) is 5.76 Å². The van der Waals surface area contributed by atoms with Gasteiger partial charge in [0.15, 0.2) is 12.4 Å². The third-order valence-corrected chi connectivity index (χ3v) is 1.41. The zero-order valence-electron chi connectivity index (χ0n) is 6.46. The monoisotopic (exact) mass is 150 g/mol. The number of hydrogen-bond acceptors (Lipinski definition) is 2. The van der Waals surface area contributed by atoms with Gasteiger partial charge in [-0.25, -0.2) is 0 Å². The fraction of sp³-hybridized carbons (Fsp3) is 0.222. The molecule has 0 spiro atoms. The predicted octanol–water partition coefficient (Wildman–Crippen LogP) is 1.60. The summed E-state index contributed by atoms with van der Waals surface area (Å²) in [7, 11) is 0. The maximum Gasteiger partial charge on any atom is 0.193 e. The summed E-state index contributed by atoms with van der Waals surface area (Å²) >= 11 is 0. The normalized spacial score (nSPS) is 21.0. The molecule has 11 heavy (non-hydrogen) atoms. The number of hydrogen-bond donors (Lipinski definition) is 0. The Labute approximate surface area is 65.9 Å². The lowest BCUT2D eigenvalue weighted by molar-refractivity contribution is -0.118. The maximum absolute atomic E-state index is 10.8. The van der Waals surface area contributed by atoms with E-state index >= 15 is 0 Å². The smallest absolute Gasteiger partial charge is 0.193 e. The van der Waals surface area contributed by atoms with Crippen molar-refractivity contribution in [1.29, 1.82) is 0 Å². The van der Waals surface area contributed by atoms with Crippen LogP contribution in [0.25, 0.3) is 0 Å². The van der Waals surface area contributed by atoms with E-state index in [1.54, 1.807) is 18.2 Å². The summed E-state index contributed by atoms with van der Waals surface area (Å²) in [5.41, 5.74) is 0.862. The van der Waals surface area contributed by atoms with E-state index in [1.165, 1.54) is 0 Å². The average molecular weight is 150 g/mol. The molecule has 0 aromatic heterocycles. The first-order valence-electron chi connectivity index (χ1n) is 3.41. The number of carbonyl (C=O) groups is 1. The molecule has 0 radical (unpaired) electrons. The summed E-state index contributed by atoms with van der Waals surface area (Å²) in [4.78, 5) is 10.8. The molecule has 2 heteroatoms. The highest BCUT2D eigenvalue weighted by molar-refractivity contribution is 5.93. The van der Waals surface area contributed by atoms with Crippen molar-refractivity contribution in [3.63, 3.8) is 0 Å². The minimum absolute atomic E-state index is 0.0173. The van der Waals surface area contributed by atoms with Crippen molar-refractivity contribution < 1.29 is 9.53 Å². The minimum atomic E-state index is 0.0173. The van der Waals surface area contributed by atoms with Crippen LogP contribution in [0.15, 0.2) is 36.1 Å². The quantitative estimate of drug-likeness (QED) is 0.567. The Bertz CT molecular complexity index is 246. The molecule has 0 unspecified atom stereocenters. The van der Waals surface area contributed by atoms with Crippen LogP contribution in [0, 0.1) is 0 Å². The highest BCUT2D eigenvalue weighted by Gasteiger charge is 2.11. The molecule has 0 bridgehead atoms. The van der Waals surface area contributed by atoms with Gasteiger partial charge in [-0.3, -0.25) is 4.79 Å². The second-order valence-electron chi connectivity index (χ2n) is 2.35. The van der Waals surface area contributed by atoms with Gasteiger partial charge in [0.2, 0.25) is 0 Å². The fourth-order valence-corrected chi connectivity index (χ4v) is 0.904. The van der Waals surface area contributed by atoms with E-state index in [2.05, 4.69) is 6.58 Å². The topological polar surface area (TPSA) is 26.3 Å². The standard InChI is InChI=1S/C9H10O2/c1-3-4-9-7(2)5-8(10)6-11-9/h3-5H,1,6H2,2H3/b9-4+. The predicted molar refractivity (Wildman–Crippen MR) is 43.0 cm³/mol. The molecule has 1 rings (SSSR count). The molecule has 0 fully saturated rings. The van der Waals surface area contributed by atoms with Crippen LogP contribution in [0.4, 0.5) is 0 Å². The van der Waals surface area contributed by atoms with Crippen molar-refractivity contribution in [2.24, 2.45) is 0 Å². The summed E-state index contributed by atoms with van der Waals surface area (Å²) in [5.74, 6) is 0.753. The Morgan fingerprint density at radius 3 is 3.00 bits per heavy atom. The van der Waals surface area contributed by atoms with Crippen LogP contribution in [-0.2, 0) is 9.53 Å². The fourth-order valence-electron chi connectivity index (χ4n) is 0.904. The van der Waals surface area contributed by atoms with Crippen LogP contribution in [0.1, 0.15) is 6.92 Å². The lowest BCUT2D eigenvalue weighted by Crippen LogP contribution is -2.12. The number of allylic oxidation sites excluding steroid dienone is 3. The van der Waals surface area contributed by atoms with Crippen molar-refractivity contribution in [2.75, 3.05) is 6.61 Å². The van der Waals surface area contributed by atoms with Crippen molar-refractivity contribution in [3.05, 3.63) is 36.1 Å². The zero-order valence-corrected chi connectivity index (χ0v) is 6.46. The maximum atomic E-state index is 10.8. The summed E-state index contributed by atoms with van der Waals surface area (Å²) < 4.78 is 5.11. The lowest BCUT2D eigenvalue weighted by atomic mass is 10.1. The molecule has 1 aliphatic heterocycles. The Kier molecular flexibility index (Phi) is 2.26. The second kappa shape index (κ2) is 3.19. The minimum Gasteiger partial charge on any atom is -0.485 e. The van der Waals surface area contributed by atoms with Crippen LogP contribution in [0.5, 0.6) is 0 Å². The van der Waals surface area contributed by atoms with Crippen LogP contribution >= 0.6 is 0 Å². The largest absolute Gasteiger partial charge is 0.485 e. The third kappa shape index (κ3) is 1.80. The second-order valence-corrected chi connectivity index (χ2v) is 2.35. The number of carbonyl (C=O) groups excluding carboxylic acids is 1. The molecular formula is C9H10O2. The molecule has 1 aliphatic rings. The molecule has 1 heterocycles. The van der Waals surface area contributed by atoms with Gasteiger partial charge in [0.25, 0.3) is 0 Å². The van der Waals surface area contributed by atoms with E-state index in [0.717, 1.165) is 11.3 Å². The van der Waals surface area contributed by atoms with Crippen molar-refractivity contribution in [2.45, 2.75) is 6.92 Å². The number of ketones is 1. The first-order valence-corrected chi connectivity index (χ1v) is 3.41. The molecule has 0 aromatic carbocycles. The van der Waals surface area contributed by atoms with Crippen molar-refractivity contribution >= 4 is 5.78 Å². The van der Waals surface area contributed by atoms with Gasteiger partial charge in [0, 0.05) is 0 Å². The molecule has 2 nitrogen and oxygen atoms in total. The Balaban J connectivity index is 2.88. The molecule has 0 amide bonds. The van der Waals surface area contributed by atoms with Crippen LogP contribution in [0.2, 0.25) is 0 Å². The van der Waals surface area contributed by atoms with Gasteiger partial charge in [0.05, 0.1) is 0 Å². The Hall–Kier alpha value is -1.31. The first-order chi connectivity index (χ1) is 5.24. The summed E-state index contributed by atoms with van der Waals surface area (Å²) in [6.45, 7) is 5.53. The van der Waals surface area contributed by atoms with E-state index in [0.29, 0.717) is 0 Å². The number of rotatable bonds is 1. The van der Waals surface area contributed by atoms with E-state index in [1.807, 2.05) is 6.92 Å². The molecule has 0 saturated carbocycles. The summed E-state index contributed by atoms with van der Waals surface area (Å²) in [5, 5.41) is 0. The van der Waals surface area contributed by atoms with Crippen LogP contribution in [-0.4, -0.2) is 12.4 Å². The van der Waals surface area contributed by atoms with Gasteiger partial charge in [-0.15, -0.1) is 0 Å².